The number of amides is 1. The smallest absolute Gasteiger partial charge is 0.324 e. The molecule has 7 heteroatoms. The molecule has 2 fully saturated rings. The van der Waals surface area contributed by atoms with E-state index >= 15 is 0 Å². The molecule has 2 aliphatic rings. The fraction of sp³-hybridized carbons (Fsp3) is 0.875. The molecule has 1 heterocycles. The molecule has 0 aromatic rings. The lowest BCUT2D eigenvalue weighted by Crippen LogP contribution is -2.68. The van der Waals surface area contributed by atoms with E-state index in [2.05, 4.69) is 0 Å². The molecule has 2 rings (SSSR count). The van der Waals surface area contributed by atoms with Gasteiger partial charge in [-0.3, -0.25) is 4.79 Å². The average Bonchev–Trinajstić information content (AvgIpc) is 2.80. The zero-order valence-electron chi connectivity index (χ0n) is 8.27. The Morgan fingerprint density at radius 3 is 2.53 bits per heavy atom. The molecule has 0 N–H and O–H groups in total. The maximum absolute atomic E-state index is 11.3. The standard InChI is InChI=1S/C8H12ClNO4S/c1-14-5-8(6-2-3-6)4-7(11)10(8)15(9,12)13/h6H,2-5H2,1H3. The summed E-state index contributed by atoms with van der Waals surface area (Å²) in [5, 5.41) is 0. The van der Waals surface area contributed by atoms with Gasteiger partial charge in [0, 0.05) is 17.8 Å². The first-order valence-corrected chi connectivity index (χ1v) is 6.95. The molecule has 15 heavy (non-hydrogen) atoms. The number of nitrogens with zero attached hydrogens (tertiary/aromatic N) is 1. The molecular weight excluding hydrogens is 242 g/mol. The van der Waals surface area contributed by atoms with Gasteiger partial charge >= 0.3 is 9.24 Å². The third kappa shape index (κ3) is 1.64. The molecule has 0 radical (unpaired) electrons. The Morgan fingerprint density at radius 1 is 1.60 bits per heavy atom. The molecule has 1 saturated carbocycles. The van der Waals surface area contributed by atoms with Crippen LogP contribution in [-0.2, 0) is 18.8 Å². The third-order valence-electron chi connectivity index (χ3n) is 3.04. The van der Waals surface area contributed by atoms with Crippen molar-refractivity contribution in [2.24, 2.45) is 5.92 Å². The molecule has 1 unspecified atom stereocenters. The number of hydrogen-bond acceptors (Lipinski definition) is 4. The van der Waals surface area contributed by atoms with Crippen LogP contribution >= 0.6 is 10.7 Å². The molecule has 0 aromatic carbocycles. The van der Waals surface area contributed by atoms with Crippen LogP contribution in [0.1, 0.15) is 19.3 Å². The highest BCUT2D eigenvalue weighted by atomic mass is 35.7. The van der Waals surface area contributed by atoms with Crippen molar-refractivity contribution in [2.75, 3.05) is 13.7 Å². The van der Waals surface area contributed by atoms with E-state index in [0.717, 1.165) is 17.1 Å². The van der Waals surface area contributed by atoms with Crippen LogP contribution in [-0.4, -0.2) is 37.9 Å². The molecule has 1 amide bonds. The van der Waals surface area contributed by atoms with E-state index in [1.165, 1.54) is 7.11 Å². The van der Waals surface area contributed by atoms with Crippen LogP contribution in [0.15, 0.2) is 0 Å². The van der Waals surface area contributed by atoms with Gasteiger partial charge < -0.3 is 4.74 Å². The molecule has 0 bridgehead atoms. The average molecular weight is 254 g/mol. The summed E-state index contributed by atoms with van der Waals surface area (Å²) in [4.78, 5) is 11.3. The second-order valence-electron chi connectivity index (χ2n) is 4.09. The lowest BCUT2D eigenvalue weighted by molar-refractivity contribution is -0.151. The van der Waals surface area contributed by atoms with E-state index in [1.807, 2.05) is 0 Å². The van der Waals surface area contributed by atoms with Gasteiger partial charge in [0.2, 0.25) is 5.91 Å². The van der Waals surface area contributed by atoms with E-state index in [4.69, 9.17) is 15.4 Å². The summed E-state index contributed by atoms with van der Waals surface area (Å²) in [5.74, 6) is -0.224. The summed E-state index contributed by atoms with van der Waals surface area (Å²) >= 11 is 0. The van der Waals surface area contributed by atoms with Gasteiger partial charge in [-0.2, -0.15) is 8.42 Å². The van der Waals surface area contributed by atoms with Crippen LogP contribution in [0.25, 0.3) is 0 Å². The second kappa shape index (κ2) is 3.33. The van der Waals surface area contributed by atoms with E-state index in [-0.39, 0.29) is 18.9 Å². The molecule has 1 aliphatic heterocycles. The van der Waals surface area contributed by atoms with Crippen molar-refractivity contribution in [1.29, 1.82) is 0 Å². The van der Waals surface area contributed by atoms with Crippen molar-refractivity contribution < 1.29 is 17.9 Å². The first-order chi connectivity index (χ1) is 6.92. The van der Waals surface area contributed by atoms with E-state index < -0.39 is 20.7 Å². The molecule has 0 spiro atoms. The summed E-state index contributed by atoms with van der Waals surface area (Å²) in [6.45, 7) is 0.232. The summed E-state index contributed by atoms with van der Waals surface area (Å²) in [5.41, 5.74) is -0.702. The Hall–Kier alpha value is -0.330. The quantitative estimate of drug-likeness (QED) is 0.541. The Morgan fingerprint density at radius 2 is 2.20 bits per heavy atom. The van der Waals surface area contributed by atoms with Gasteiger partial charge in [0.15, 0.2) is 0 Å². The molecule has 86 valence electrons. The van der Waals surface area contributed by atoms with Gasteiger partial charge in [0.05, 0.1) is 18.6 Å². The number of hydrogen-bond donors (Lipinski definition) is 0. The molecular formula is C8H12ClNO4S. The number of carbonyl (C=O) groups excluding carboxylic acids is 1. The number of ether oxygens (including phenoxy) is 1. The number of β-lactam (4-membered cyclic amide) rings is 1. The van der Waals surface area contributed by atoms with E-state index in [9.17, 15) is 13.2 Å². The predicted octanol–water partition coefficient (Wildman–Crippen LogP) is 0.498. The normalized spacial score (nSPS) is 31.6. The number of rotatable bonds is 4. The van der Waals surface area contributed by atoms with E-state index in [0.29, 0.717) is 0 Å². The van der Waals surface area contributed by atoms with Gasteiger partial charge in [-0.15, -0.1) is 0 Å². The van der Waals surface area contributed by atoms with Crippen molar-refractivity contribution in [2.45, 2.75) is 24.8 Å². The van der Waals surface area contributed by atoms with Crippen molar-refractivity contribution in [3.63, 3.8) is 0 Å². The summed E-state index contributed by atoms with van der Waals surface area (Å²) in [7, 11) is 2.76. The second-order valence-corrected chi connectivity index (χ2v) is 6.45. The van der Waals surface area contributed by atoms with Crippen molar-refractivity contribution >= 4 is 25.8 Å². The number of carbonyl (C=O) groups is 1. The van der Waals surface area contributed by atoms with Gasteiger partial charge in [-0.1, -0.05) is 0 Å². The maximum atomic E-state index is 11.3. The molecule has 1 atom stereocenters. The largest absolute Gasteiger partial charge is 0.382 e. The summed E-state index contributed by atoms with van der Waals surface area (Å²) in [6, 6.07) is 0. The molecule has 1 aliphatic carbocycles. The van der Waals surface area contributed by atoms with Crippen LogP contribution in [0.5, 0.6) is 0 Å². The lowest BCUT2D eigenvalue weighted by atomic mass is 9.83. The highest BCUT2D eigenvalue weighted by molar-refractivity contribution is 8.12. The van der Waals surface area contributed by atoms with Gasteiger partial charge in [-0.05, 0) is 18.8 Å². The maximum Gasteiger partial charge on any atom is 0.324 e. The van der Waals surface area contributed by atoms with Crippen molar-refractivity contribution in [3.8, 4) is 0 Å². The van der Waals surface area contributed by atoms with Crippen molar-refractivity contribution in [1.82, 2.24) is 4.31 Å². The van der Waals surface area contributed by atoms with Crippen LogP contribution in [0, 0.1) is 5.92 Å². The minimum atomic E-state index is -3.97. The predicted molar refractivity (Wildman–Crippen MR) is 53.6 cm³/mol. The Bertz CT molecular complexity index is 391. The first-order valence-electron chi connectivity index (χ1n) is 4.68. The summed E-state index contributed by atoms with van der Waals surface area (Å²) in [6.07, 6.45) is 2.08. The fourth-order valence-corrected chi connectivity index (χ4v) is 3.96. The number of methoxy groups -OCH3 is 1. The third-order valence-corrected chi connectivity index (χ3v) is 4.46. The lowest BCUT2D eigenvalue weighted by Gasteiger charge is -2.49. The van der Waals surface area contributed by atoms with Crippen molar-refractivity contribution in [3.05, 3.63) is 0 Å². The first kappa shape index (κ1) is 11.2. The highest BCUT2D eigenvalue weighted by Gasteiger charge is 2.63. The summed E-state index contributed by atoms with van der Waals surface area (Å²) < 4.78 is 28.3. The van der Waals surface area contributed by atoms with Crippen LogP contribution in [0.3, 0.4) is 0 Å². The Labute approximate surface area is 92.9 Å². The van der Waals surface area contributed by atoms with Crippen LogP contribution in [0.4, 0.5) is 0 Å². The van der Waals surface area contributed by atoms with E-state index in [1.54, 1.807) is 0 Å². The van der Waals surface area contributed by atoms with Crippen LogP contribution < -0.4 is 0 Å². The molecule has 5 nitrogen and oxygen atoms in total. The number of halogens is 1. The Balaban J connectivity index is 2.30. The topological polar surface area (TPSA) is 63.7 Å². The molecule has 1 saturated heterocycles. The Kier molecular flexibility index (Phi) is 2.48. The molecule has 0 aromatic heterocycles. The zero-order valence-corrected chi connectivity index (χ0v) is 9.84. The van der Waals surface area contributed by atoms with Crippen LogP contribution in [0.2, 0.25) is 0 Å². The SMILES string of the molecule is COCC1(C2CC2)CC(=O)N1S(=O)(=O)Cl. The monoisotopic (exact) mass is 253 g/mol. The minimum absolute atomic E-state index is 0.212. The zero-order chi connectivity index (χ0) is 11.3. The van der Waals surface area contributed by atoms with Gasteiger partial charge in [-0.25, -0.2) is 4.31 Å². The van der Waals surface area contributed by atoms with Gasteiger partial charge in [0.25, 0.3) is 0 Å². The fourth-order valence-electron chi connectivity index (χ4n) is 2.31. The highest BCUT2D eigenvalue weighted by Crippen LogP contribution is 2.52. The van der Waals surface area contributed by atoms with Gasteiger partial charge in [0.1, 0.15) is 0 Å². The minimum Gasteiger partial charge on any atom is -0.382 e.